The van der Waals surface area contributed by atoms with E-state index in [-0.39, 0.29) is 17.9 Å². The van der Waals surface area contributed by atoms with Gasteiger partial charge in [0.25, 0.3) is 5.91 Å². The normalized spacial score (nSPS) is 15.9. The molecule has 1 fully saturated rings. The van der Waals surface area contributed by atoms with Crippen LogP contribution in [0, 0.1) is 12.8 Å². The van der Waals surface area contributed by atoms with E-state index in [2.05, 4.69) is 49.5 Å². The number of rotatable bonds is 8. The van der Waals surface area contributed by atoms with Crippen LogP contribution in [0.25, 0.3) is 16.8 Å². The summed E-state index contributed by atoms with van der Waals surface area (Å²) in [6.07, 6.45) is 12.7. The Labute approximate surface area is 221 Å². The first-order valence-electron chi connectivity index (χ1n) is 12.9. The number of pyridine rings is 1. The fraction of sp³-hybridized carbons (Fsp3) is 0.407. The highest BCUT2D eigenvalue weighted by Gasteiger charge is 2.27. The zero-order valence-electron chi connectivity index (χ0n) is 22.2. The topological polar surface area (TPSA) is 122 Å². The Kier molecular flexibility index (Phi) is 7.19. The number of aryl methyl sites for hydroxylation is 2. The van der Waals surface area contributed by atoms with Crippen LogP contribution in [0.4, 0.5) is 11.4 Å². The second-order valence-electron chi connectivity index (χ2n) is 10.3. The summed E-state index contributed by atoms with van der Waals surface area (Å²) in [6, 6.07) is 2.00. The molecule has 5 rings (SSSR count). The summed E-state index contributed by atoms with van der Waals surface area (Å²) < 4.78 is 3.32. The third kappa shape index (κ3) is 5.57. The molecule has 0 radical (unpaired) electrons. The summed E-state index contributed by atoms with van der Waals surface area (Å²) in [6.45, 7) is 8.26. The summed E-state index contributed by atoms with van der Waals surface area (Å²) >= 11 is 0. The second kappa shape index (κ2) is 10.7. The first-order chi connectivity index (χ1) is 18.3. The standard InChI is InChI=1S/C27H33N9O2/c1-17(2)14-35-7-5-6-21(35)9-26(37)32-20-8-23(18(3)28-11-20)33-27(38)22-12-31-36-16-24(29-13-25(22)36)19-10-30-34(4)15-19/h8,10-13,15-17,21H,5-7,9,14H2,1-4H3,(H,32,37)(H,33,38)/t21-/m0/s1. The summed E-state index contributed by atoms with van der Waals surface area (Å²) in [5.74, 6) is 0.185. The molecule has 2 amide bonds. The lowest BCUT2D eigenvalue weighted by atomic mass is 10.1. The molecule has 1 aliphatic heterocycles. The molecule has 11 nitrogen and oxygen atoms in total. The number of carbonyl (C=O) groups excluding carboxylic acids is 2. The predicted molar refractivity (Wildman–Crippen MR) is 145 cm³/mol. The number of carbonyl (C=O) groups is 2. The van der Waals surface area contributed by atoms with Crippen LogP contribution in [-0.2, 0) is 11.8 Å². The first-order valence-corrected chi connectivity index (χ1v) is 12.9. The van der Waals surface area contributed by atoms with Crippen molar-refractivity contribution in [2.75, 3.05) is 23.7 Å². The van der Waals surface area contributed by atoms with Gasteiger partial charge in [-0.2, -0.15) is 10.2 Å². The average Bonchev–Trinajstić information content (AvgIpc) is 3.60. The molecule has 38 heavy (non-hydrogen) atoms. The second-order valence-corrected chi connectivity index (χ2v) is 10.3. The highest BCUT2D eigenvalue weighted by molar-refractivity contribution is 6.09. The maximum atomic E-state index is 13.2. The SMILES string of the molecule is Cc1ncc(NC(=O)C[C@@H]2CCCN2CC(C)C)cc1NC(=O)c1cnn2cc(-c3cnn(C)c3)ncc12. The minimum absolute atomic E-state index is 0.0493. The predicted octanol–water partition coefficient (Wildman–Crippen LogP) is 3.53. The van der Waals surface area contributed by atoms with Crippen molar-refractivity contribution < 1.29 is 9.59 Å². The number of anilines is 2. The van der Waals surface area contributed by atoms with Crippen LogP contribution < -0.4 is 10.6 Å². The van der Waals surface area contributed by atoms with Gasteiger partial charge in [-0.1, -0.05) is 13.8 Å². The summed E-state index contributed by atoms with van der Waals surface area (Å²) in [5, 5.41) is 14.4. The van der Waals surface area contributed by atoms with Crippen LogP contribution in [0.1, 0.15) is 49.2 Å². The van der Waals surface area contributed by atoms with Gasteiger partial charge in [0.15, 0.2) is 0 Å². The molecule has 0 bridgehead atoms. The van der Waals surface area contributed by atoms with E-state index in [1.54, 1.807) is 47.0 Å². The van der Waals surface area contributed by atoms with Crippen LogP contribution in [0.5, 0.6) is 0 Å². The highest BCUT2D eigenvalue weighted by atomic mass is 16.2. The van der Waals surface area contributed by atoms with Crippen molar-refractivity contribution in [1.29, 1.82) is 0 Å². The smallest absolute Gasteiger partial charge is 0.259 e. The molecule has 5 heterocycles. The van der Waals surface area contributed by atoms with Crippen molar-refractivity contribution in [3.8, 4) is 11.3 Å². The number of hydrogen-bond donors (Lipinski definition) is 2. The number of likely N-dealkylation sites (tertiary alicyclic amines) is 1. The third-order valence-corrected chi connectivity index (χ3v) is 6.79. The van der Waals surface area contributed by atoms with Gasteiger partial charge in [0.05, 0.1) is 64.8 Å². The molecule has 198 valence electrons. The van der Waals surface area contributed by atoms with Crippen LogP contribution >= 0.6 is 0 Å². The number of amides is 2. The minimum Gasteiger partial charge on any atom is -0.325 e. The molecule has 1 saturated heterocycles. The van der Waals surface area contributed by atoms with Gasteiger partial charge in [-0.05, 0) is 38.3 Å². The Morgan fingerprint density at radius 2 is 1.92 bits per heavy atom. The highest BCUT2D eigenvalue weighted by Crippen LogP contribution is 2.24. The van der Waals surface area contributed by atoms with E-state index in [9.17, 15) is 9.59 Å². The first kappa shape index (κ1) is 25.5. The molecule has 0 saturated carbocycles. The van der Waals surface area contributed by atoms with Crippen molar-refractivity contribution in [1.82, 2.24) is 34.3 Å². The quantitative estimate of drug-likeness (QED) is 0.368. The van der Waals surface area contributed by atoms with Crippen LogP contribution in [0.15, 0.2) is 43.2 Å². The van der Waals surface area contributed by atoms with Gasteiger partial charge in [0.1, 0.15) is 0 Å². The summed E-state index contributed by atoms with van der Waals surface area (Å²) in [5.41, 5.74) is 4.24. The van der Waals surface area contributed by atoms with E-state index < -0.39 is 0 Å². The largest absolute Gasteiger partial charge is 0.325 e. The summed E-state index contributed by atoms with van der Waals surface area (Å²) in [4.78, 5) is 37.2. The zero-order valence-corrected chi connectivity index (χ0v) is 22.2. The molecule has 0 aliphatic carbocycles. The monoisotopic (exact) mass is 515 g/mol. The van der Waals surface area contributed by atoms with E-state index in [0.29, 0.717) is 46.2 Å². The Hall–Kier alpha value is -4.12. The number of nitrogens with zero attached hydrogens (tertiary/aromatic N) is 7. The zero-order chi connectivity index (χ0) is 26.8. The maximum absolute atomic E-state index is 13.2. The number of fused-ring (bicyclic) bond motifs is 1. The Morgan fingerprint density at radius 3 is 2.68 bits per heavy atom. The maximum Gasteiger partial charge on any atom is 0.259 e. The third-order valence-electron chi connectivity index (χ3n) is 6.79. The van der Waals surface area contributed by atoms with E-state index in [1.165, 1.54) is 6.20 Å². The van der Waals surface area contributed by atoms with Crippen molar-refractivity contribution in [2.45, 2.75) is 46.1 Å². The van der Waals surface area contributed by atoms with E-state index in [4.69, 9.17) is 0 Å². The Morgan fingerprint density at radius 1 is 1.08 bits per heavy atom. The molecule has 0 spiro atoms. The van der Waals surface area contributed by atoms with Crippen molar-refractivity contribution in [2.24, 2.45) is 13.0 Å². The lowest BCUT2D eigenvalue weighted by Gasteiger charge is -2.25. The molecule has 1 aliphatic rings. The van der Waals surface area contributed by atoms with Crippen molar-refractivity contribution >= 4 is 28.7 Å². The number of aromatic nitrogens is 6. The Bertz CT molecular complexity index is 1470. The van der Waals surface area contributed by atoms with Gasteiger partial charge in [0.2, 0.25) is 5.91 Å². The molecule has 11 heteroatoms. The van der Waals surface area contributed by atoms with Gasteiger partial charge >= 0.3 is 0 Å². The summed E-state index contributed by atoms with van der Waals surface area (Å²) in [7, 11) is 1.84. The van der Waals surface area contributed by atoms with Crippen molar-refractivity contribution in [3.63, 3.8) is 0 Å². The van der Waals surface area contributed by atoms with E-state index in [0.717, 1.165) is 31.5 Å². The van der Waals surface area contributed by atoms with Gasteiger partial charge in [0, 0.05) is 37.8 Å². The molecule has 1 atom stereocenters. The molecule has 0 aromatic carbocycles. The van der Waals surface area contributed by atoms with Crippen LogP contribution in [0.2, 0.25) is 0 Å². The molecule has 4 aromatic heterocycles. The fourth-order valence-corrected chi connectivity index (χ4v) is 4.94. The van der Waals surface area contributed by atoms with Crippen molar-refractivity contribution in [3.05, 3.63) is 54.5 Å². The lowest BCUT2D eigenvalue weighted by Crippen LogP contribution is -2.35. The lowest BCUT2D eigenvalue weighted by molar-refractivity contribution is -0.117. The minimum atomic E-state index is -0.334. The number of hydrogen-bond acceptors (Lipinski definition) is 7. The average molecular weight is 516 g/mol. The Balaban J connectivity index is 1.27. The van der Waals surface area contributed by atoms with Gasteiger partial charge < -0.3 is 10.6 Å². The number of nitrogens with one attached hydrogen (secondary N) is 2. The molecular formula is C27H33N9O2. The van der Waals surface area contributed by atoms with Gasteiger partial charge in [-0.25, -0.2) is 4.52 Å². The van der Waals surface area contributed by atoms with E-state index >= 15 is 0 Å². The van der Waals surface area contributed by atoms with Crippen LogP contribution in [-0.4, -0.2) is 65.2 Å². The van der Waals surface area contributed by atoms with Gasteiger partial charge in [-0.3, -0.25) is 29.1 Å². The van der Waals surface area contributed by atoms with E-state index in [1.807, 2.05) is 13.2 Å². The van der Waals surface area contributed by atoms with Crippen LogP contribution in [0.3, 0.4) is 0 Å². The van der Waals surface area contributed by atoms with Gasteiger partial charge in [-0.15, -0.1) is 0 Å². The molecule has 0 unspecified atom stereocenters. The molecule has 2 N–H and O–H groups in total. The molecule has 4 aromatic rings. The fourth-order valence-electron chi connectivity index (χ4n) is 4.94. The molecular weight excluding hydrogens is 482 g/mol.